The van der Waals surface area contributed by atoms with Gasteiger partial charge in [0, 0.05) is 19.6 Å². The second kappa shape index (κ2) is 6.05. The van der Waals surface area contributed by atoms with Crippen molar-refractivity contribution in [3.05, 3.63) is 0 Å². The molecule has 15 heavy (non-hydrogen) atoms. The number of carbonyl (C=O) groups excluding carboxylic acids is 1. The van der Waals surface area contributed by atoms with Crippen molar-refractivity contribution >= 4 is 5.97 Å². The van der Waals surface area contributed by atoms with Crippen molar-refractivity contribution in [1.82, 2.24) is 4.90 Å². The van der Waals surface area contributed by atoms with E-state index in [4.69, 9.17) is 15.2 Å². The molecular formula is C10H20N2O3. The summed E-state index contributed by atoms with van der Waals surface area (Å²) in [5.74, 6) is -0.171. The van der Waals surface area contributed by atoms with Gasteiger partial charge < -0.3 is 15.2 Å². The van der Waals surface area contributed by atoms with Gasteiger partial charge in [0.2, 0.25) is 0 Å². The van der Waals surface area contributed by atoms with Gasteiger partial charge >= 0.3 is 5.97 Å². The predicted molar refractivity (Wildman–Crippen MR) is 56.5 cm³/mol. The van der Waals surface area contributed by atoms with Crippen LogP contribution in [0.15, 0.2) is 0 Å². The molecule has 88 valence electrons. The zero-order valence-electron chi connectivity index (χ0n) is 9.44. The summed E-state index contributed by atoms with van der Waals surface area (Å²) in [6.45, 7) is 6.68. The lowest BCUT2D eigenvalue weighted by molar-refractivity contribution is -0.151. The number of carbonyl (C=O) groups is 1. The molecule has 0 aliphatic carbocycles. The van der Waals surface area contributed by atoms with Crippen LogP contribution in [0.3, 0.4) is 0 Å². The number of nitrogens with two attached hydrogens (primary N) is 1. The molecule has 0 aromatic heterocycles. The van der Waals surface area contributed by atoms with Gasteiger partial charge in [0.05, 0.1) is 19.3 Å². The minimum absolute atomic E-state index is 0.0376. The summed E-state index contributed by atoms with van der Waals surface area (Å²) in [7, 11) is 0. The van der Waals surface area contributed by atoms with E-state index in [1.54, 1.807) is 0 Å². The highest BCUT2D eigenvalue weighted by atomic mass is 16.5. The van der Waals surface area contributed by atoms with Crippen molar-refractivity contribution in [3.8, 4) is 0 Å². The van der Waals surface area contributed by atoms with Crippen molar-refractivity contribution in [1.29, 1.82) is 0 Å². The van der Waals surface area contributed by atoms with Gasteiger partial charge in [-0.1, -0.05) is 0 Å². The number of ether oxygens (including phenoxy) is 2. The summed E-state index contributed by atoms with van der Waals surface area (Å²) in [4.78, 5) is 13.6. The number of rotatable bonds is 4. The monoisotopic (exact) mass is 216 g/mol. The van der Waals surface area contributed by atoms with Crippen LogP contribution in [0.25, 0.3) is 0 Å². The van der Waals surface area contributed by atoms with Crippen LogP contribution < -0.4 is 5.73 Å². The summed E-state index contributed by atoms with van der Waals surface area (Å²) in [5, 5.41) is 0. The summed E-state index contributed by atoms with van der Waals surface area (Å²) < 4.78 is 10.4. The number of hydrogen-bond acceptors (Lipinski definition) is 5. The highest BCUT2D eigenvalue weighted by molar-refractivity contribution is 5.75. The Morgan fingerprint density at radius 1 is 1.73 bits per heavy atom. The van der Waals surface area contributed by atoms with Gasteiger partial charge in [-0.2, -0.15) is 0 Å². The van der Waals surface area contributed by atoms with E-state index < -0.39 is 0 Å². The summed E-state index contributed by atoms with van der Waals surface area (Å²) in [5.41, 5.74) is 5.53. The minimum Gasteiger partial charge on any atom is -0.465 e. The first kappa shape index (κ1) is 12.4. The molecule has 1 saturated heterocycles. The third kappa shape index (κ3) is 3.44. The van der Waals surface area contributed by atoms with Gasteiger partial charge in [-0.05, 0) is 13.8 Å². The third-order valence-electron chi connectivity index (χ3n) is 2.61. The Morgan fingerprint density at radius 2 is 2.47 bits per heavy atom. The number of morpholine rings is 1. The highest BCUT2D eigenvalue weighted by Crippen LogP contribution is 2.09. The largest absolute Gasteiger partial charge is 0.465 e. The number of hydrogen-bond donors (Lipinski definition) is 1. The SMILES string of the molecule is CCOC(=O)C(C)N1CCOC(CN)C1. The first-order valence-corrected chi connectivity index (χ1v) is 5.41. The summed E-state index contributed by atoms with van der Waals surface area (Å²) >= 11 is 0. The molecule has 2 unspecified atom stereocenters. The van der Waals surface area contributed by atoms with Crippen molar-refractivity contribution in [2.75, 3.05) is 32.8 Å². The average Bonchev–Trinajstić information content (AvgIpc) is 2.28. The summed E-state index contributed by atoms with van der Waals surface area (Å²) in [6, 6.07) is -0.206. The molecule has 5 heteroatoms. The normalized spacial score (nSPS) is 24.9. The summed E-state index contributed by atoms with van der Waals surface area (Å²) in [6.07, 6.45) is 0.0376. The lowest BCUT2D eigenvalue weighted by Gasteiger charge is -2.35. The van der Waals surface area contributed by atoms with E-state index in [0.717, 1.165) is 6.54 Å². The van der Waals surface area contributed by atoms with Crippen molar-refractivity contribution in [2.24, 2.45) is 5.73 Å². The molecule has 1 heterocycles. The van der Waals surface area contributed by atoms with E-state index in [-0.39, 0.29) is 18.1 Å². The van der Waals surface area contributed by atoms with Crippen LogP contribution in [0.5, 0.6) is 0 Å². The van der Waals surface area contributed by atoms with Gasteiger partial charge in [0.1, 0.15) is 6.04 Å². The molecule has 1 rings (SSSR count). The fraction of sp³-hybridized carbons (Fsp3) is 0.900. The quantitative estimate of drug-likeness (QED) is 0.648. The van der Waals surface area contributed by atoms with Crippen LogP contribution in [-0.2, 0) is 14.3 Å². The standard InChI is InChI=1S/C10H20N2O3/c1-3-14-10(13)8(2)12-4-5-15-9(6-11)7-12/h8-9H,3-7,11H2,1-2H3. The Morgan fingerprint density at radius 3 is 3.07 bits per heavy atom. The fourth-order valence-corrected chi connectivity index (χ4v) is 1.65. The van der Waals surface area contributed by atoms with E-state index in [1.807, 2.05) is 13.8 Å². The lowest BCUT2D eigenvalue weighted by atomic mass is 10.2. The van der Waals surface area contributed by atoms with Crippen molar-refractivity contribution in [2.45, 2.75) is 26.0 Å². The van der Waals surface area contributed by atoms with Crippen LogP contribution in [0.1, 0.15) is 13.8 Å². The van der Waals surface area contributed by atoms with E-state index >= 15 is 0 Å². The lowest BCUT2D eigenvalue weighted by Crippen LogP contribution is -2.51. The third-order valence-corrected chi connectivity index (χ3v) is 2.61. The molecular weight excluding hydrogens is 196 g/mol. The van der Waals surface area contributed by atoms with Gasteiger partial charge in [-0.15, -0.1) is 0 Å². The molecule has 0 bridgehead atoms. The number of esters is 1. The fourth-order valence-electron chi connectivity index (χ4n) is 1.65. The molecule has 1 aliphatic heterocycles. The van der Waals surface area contributed by atoms with Crippen LogP contribution in [0.2, 0.25) is 0 Å². The molecule has 0 amide bonds. The van der Waals surface area contributed by atoms with Crippen molar-refractivity contribution in [3.63, 3.8) is 0 Å². The van der Waals surface area contributed by atoms with Crippen LogP contribution in [-0.4, -0.2) is 55.9 Å². The molecule has 0 aromatic carbocycles. The predicted octanol–water partition coefficient (Wildman–Crippen LogP) is -0.402. The molecule has 5 nitrogen and oxygen atoms in total. The Labute approximate surface area is 90.5 Å². The van der Waals surface area contributed by atoms with Crippen molar-refractivity contribution < 1.29 is 14.3 Å². The Hall–Kier alpha value is -0.650. The first-order chi connectivity index (χ1) is 7.19. The molecule has 0 spiro atoms. The second-order valence-corrected chi connectivity index (χ2v) is 3.65. The molecule has 0 radical (unpaired) electrons. The van der Waals surface area contributed by atoms with Gasteiger partial charge in [0.25, 0.3) is 0 Å². The van der Waals surface area contributed by atoms with E-state index in [1.165, 1.54) is 0 Å². The smallest absolute Gasteiger partial charge is 0.323 e. The Kier molecular flexibility index (Phi) is 5.01. The average molecular weight is 216 g/mol. The number of nitrogens with zero attached hydrogens (tertiary/aromatic N) is 1. The van der Waals surface area contributed by atoms with Gasteiger partial charge in [-0.25, -0.2) is 0 Å². The molecule has 0 saturated carbocycles. The Balaban J connectivity index is 2.44. The molecule has 2 N–H and O–H groups in total. The molecule has 1 aliphatic rings. The zero-order valence-corrected chi connectivity index (χ0v) is 9.44. The molecule has 1 fully saturated rings. The van der Waals surface area contributed by atoms with Crippen LogP contribution in [0.4, 0.5) is 0 Å². The zero-order chi connectivity index (χ0) is 11.3. The maximum atomic E-state index is 11.5. The minimum atomic E-state index is -0.206. The van der Waals surface area contributed by atoms with Gasteiger partial charge in [-0.3, -0.25) is 9.69 Å². The Bertz CT molecular complexity index is 211. The first-order valence-electron chi connectivity index (χ1n) is 5.41. The van der Waals surface area contributed by atoms with E-state index in [9.17, 15) is 4.79 Å². The molecule has 2 atom stereocenters. The topological polar surface area (TPSA) is 64.8 Å². The van der Waals surface area contributed by atoms with Crippen LogP contribution >= 0.6 is 0 Å². The van der Waals surface area contributed by atoms with Crippen LogP contribution in [0, 0.1) is 0 Å². The van der Waals surface area contributed by atoms with E-state index in [0.29, 0.717) is 26.3 Å². The van der Waals surface area contributed by atoms with Gasteiger partial charge in [0.15, 0.2) is 0 Å². The van der Waals surface area contributed by atoms with E-state index in [2.05, 4.69) is 4.90 Å². The maximum Gasteiger partial charge on any atom is 0.323 e. The maximum absolute atomic E-state index is 11.5. The highest BCUT2D eigenvalue weighted by Gasteiger charge is 2.27. The molecule has 0 aromatic rings. The second-order valence-electron chi connectivity index (χ2n) is 3.65.